The number of rotatable bonds is 3. The Hall–Kier alpha value is -0.830. The zero-order valence-electron chi connectivity index (χ0n) is 8.91. The number of hydrogen-bond donors (Lipinski definition) is 1. The molecule has 0 saturated heterocycles. The van der Waals surface area contributed by atoms with Crippen LogP contribution in [0.15, 0.2) is 6.33 Å². The van der Waals surface area contributed by atoms with E-state index < -0.39 is 0 Å². The molecule has 0 aliphatic rings. The van der Waals surface area contributed by atoms with Crippen LogP contribution in [-0.2, 0) is 0 Å². The maximum atomic E-state index is 5.75. The fourth-order valence-electron chi connectivity index (χ4n) is 1.61. The largest absolute Gasteiger partial charge is 0.332 e. The lowest BCUT2D eigenvalue weighted by molar-refractivity contribution is 0.458. The number of nitrogens with zero attached hydrogens (tertiary/aromatic N) is 2. The van der Waals surface area contributed by atoms with Crippen LogP contribution in [0.25, 0.3) is 0 Å². The molecule has 0 aliphatic heterocycles. The van der Waals surface area contributed by atoms with E-state index in [9.17, 15) is 0 Å². The molecule has 1 aromatic heterocycles. The van der Waals surface area contributed by atoms with E-state index in [2.05, 4.69) is 23.4 Å². The average Bonchev–Trinajstić information content (AvgIpc) is 2.31. The Morgan fingerprint density at radius 1 is 1.46 bits per heavy atom. The van der Waals surface area contributed by atoms with Crippen molar-refractivity contribution in [2.24, 2.45) is 5.73 Å². The second-order valence-electron chi connectivity index (χ2n) is 3.88. The molecule has 0 amide bonds. The number of nitrogens with two attached hydrogens (primary N) is 1. The van der Waals surface area contributed by atoms with Crippen molar-refractivity contribution in [1.82, 2.24) is 9.55 Å². The molecule has 1 aromatic rings. The van der Waals surface area contributed by atoms with E-state index in [-0.39, 0.29) is 6.04 Å². The molecule has 0 radical (unpaired) electrons. The Morgan fingerprint density at radius 3 is 2.46 bits per heavy atom. The summed E-state index contributed by atoms with van der Waals surface area (Å²) in [5.41, 5.74) is 8.11. The molecule has 0 aromatic carbocycles. The third kappa shape index (κ3) is 2.31. The van der Waals surface area contributed by atoms with Crippen LogP contribution in [-0.4, -0.2) is 15.6 Å². The van der Waals surface area contributed by atoms with Gasteiger partial charge in [-0.3, -0.25) is 0 Å². The second kappa shape index (κ2) is 3.92. The zero-order valence-corrected chi connectivity index (χ0v) is 8.91. The van der Waals surface area contributed by atoms with Crippen molar-refractivity contribution in [3.05, 3.63) is 17.7 Å². The summed E-state index contributed by atoms with van der Waals surface area (Å²) < 4.78 is 2.19. The molecule has 0 saturated carbocycles. The first kappa shape index (κ1) is 10.3. The summed E-state index contributed by atoms with van der Waals surface area (Å²) in [6.45, 7) is 8.34. The highest BCUT2D eigenvalue weighted by molar-refractivity contribution is 5.09. The number of hydrogen-bond acceptors (Lipinski definition) is 2. The molecule has 13 heavy (non-hydrogen) atoms. The molecule has 0 fully saturated rings. The molecule has 2 unspecified atom stereocenters. The van der Waals surface area contributed by atoms with Crippen molar-refractivity contribution in [2.45, 2.75) is 46.2 Å². The molecule has 74 valence electrons. The molecule has 1 heterocycles. The smallest absolute Gasteiger partial charge is 0.0953 e. The highest BCUT2D eigenvalue weighted by Gasteiger charge is 2.10. The molecule has 1 rings (SSSR count). The number of aromatic nitrogens is 2. The molecular weight excluding hydrogens is 162 g/mol. The third-order valence-electron chi connectivity index (χ3n) is 2.47. The van der Waals surface area contributed by atoms with E-state index in [0.29, 0.717) is 6.04 Å². The van der Waals surface area contributed by atoms with E-state index in [1.165, 1.54) is 5.69 Å². The van der Waals surface area contributed by atoms with Crippen LogP contribution >= 0.6 is 0 Å². The lowest BCUT2D eigenvalue weighted by Crippen LogP contribution is -2.20. The lowest BCUT2D eigenvalue weighted by atomic mass is 10.1. The van der Waals surface area contributed by atoms with Gasteiger partial charge < -0.3 is 10.3 Å². The molecule has 0 aliphatic carbocycles. The second-order valence-corrected chi connectivity index (χ2v) is 3.88. The van der Waals surface area contributed by atoms with Gasteiger partial charge in [0, 0.05) is 17.8 Å². The van der Waals surface area contributed by atoms with Crippen LogP contribution in [0, 0.1) is 13.8 Å². The van der Waals surface area contributed by atoms with Gasteiger partial charge in [0.2, 0.25) is 0 Å². The highest BCUT2D eigenvalue weighted by Crippen LogP contribution is 2.16. The Morgan fingerprint density at radius 2 is 2.08 bits per heavy atom. The van der Waals surface area contributed by atoms with Crippen molar-refractivity contribution in [1.29, 1.82) is 0 Å². The van der Waals surface area contributed by atoms with Crippen LogP contribution in [0.4, 0.5) is 0 Å². The summed E-state index contributed by atoms with van der Waals surface area (Å²) in [5, 5.41) is 0. The van der Waals surface area contributed by atoms with Crippen LogP contribution in [0.5, 0.6) is 0 Å². The topological polar surface area (TPSA) is 43.8 Å². The van der Waals surface area contributed by atoms with E-state index in [1.54, 1.807) is 0 Å². The molecule has 0 spiro atoms. The summed E-state index contributed by atoms with van der Waals surface area (Å²) in [4.78, 5) is 4.27. The summed E-state index contributed by atoms with van der Waals surface area (Å²) >= 11 is 0. The normalized spacial score (nSPS) is 15.8. The minimum absolute atomic E-state index is 0.247. The summed E-state index contributed by atoms with van der Waals surface area (Å²) in [5.74, 6) is 0. The van der Waals surface area contributed by atoms with Gasteiger partial charge >= 0.3 is 0 Å². The first-order chi connectivity index (χ1) is 6.02. The van der Waals surface area contributed by atoms with Gasteiger partial charge in [0.1, 0.15) is 0 Å². The first-order valence-electron chi connectivity index (χ1n) is 4.78. The van der Waals surface area contributed by atoms with Crippen molar-refractivity contribution in [2.75, 3.05) is 0 Å². The Balaban J connectivity index is 2.76. The summed E-state index contributed by atoms with van der Waals surface area (Å²) in [6.07, 6.45) is 2.90. The van der Waals surface area contributed by atoms with Gasteiger partial charge in [-0.1, -0.05) is 0 Å². The van der Waals surface area contributed by atoms with Gasteiger partial charge in [0.15, 0.2) is 0 Å². The SMILES string of the molecule is Cc1ncn(C(C)CC(C)N)c1C. The van der Waals surface area contributed by atoms with Gasteiger partial charge in [-0.05, 0) is 34.1 Å². The van der Waals surface area contributed by atoms with Crippen molar-refractivity contribution >= 4 is 0 Å². The summed E-state index contributed by atoms with van der Waals surface area (Å²) in [6, 6.07) is 0.693. The van der Waals surface area contributed by atoms with Gasteiger partial charge in [0.05, 0.1) is 12.0 Å². The molecule has 2 atom stereocenters. The lowest BCUT2D eigenvalue weighted by Gasteiger charge is -2.17. The average molecular weight is 181 g/mol. The number of imidazole rings is 1. The highest BCUT2D eigenvalue weighted by atomic mass is 15.1. The van der Waals surface area contributed by atoms with Crippen LogP contribution < -0.4 is 5.73 Å². The Labute approximate surface area is 80.0 Å². The predicted molar refractivity (Wildman–Crippen MR) is 54.7 cm³/mol. The maximum absolute atomic E-state index is 5.75. The van der Waals surface area contributed by atoms with E-state index >= 15 is 0 Å². The van der Waals surface area contributed by atoms with Crippen LogP contribution in [0.3, 0.4) is 0 Å². The predicted octanol–water partition coefficient (Wildman–Crippen LogP) is 1.80. The van der Waals surface area contributed by atoms with Gasteiger partial charge in [-0.15, -0.1) is 0 Å². The van der Waals surface area contributed by atoms with Crippen LogP contribution in [0.2, 0.25) is 0 Å². The minimum atomic E-state index is 0.247. The first-order valence-corrected chi connectivity index (χ1v) is 4.78. The zero-order chi connectivity index (χ0) is 10.0. The van der Waals surface area contributed by atoms with Crippen LogP contribution in [0.1, 0.15) is 37.7 Å². The Kier molecular flexibility index (Phi) is 3.09. The Bertz CT molecular complexity index is 276. The fourth-order valence-corrected chi connectivity index (χ4v) is 1.61. The maximum Gasteiger partial charge on any atom is 0.0953 e. The summed E-state index contributed by atoms with van der Waals surface area (Å²) in [7, 11) is 0. The molecule has 2 N–H and O–H groups in total. The van der Waals surface area contributed by atoms with E-state index in [4.69, 9.17) is 5.73 Å². The van der Waals surface area contributed by atoms with Gasteiger partial charge in [0.25, 0.3) is 0 Å². The van der Waals surface area contributed by atoms with Gasteiger partial charge in [-0.25, -0.2) is 4.98 Å². The van der Waals surface area contributed by atoms with E-state index in [0.717, 1.165) is 12.1 Å². The van der Waals surface area contributed by atoms with Crippen molar-refractivity contribution in [3.8, 4) is 0 Å². The van der Waals surface area contributed by atoms with E-state index in [1.807, 2.05) is 20.2 Å². The van der Waals surface area contributed by atoms with Crippen molar-refractivity contribution in [3.63, 3.8) is 0 Å². The molecular formula is C10H19N3. The minimum Gasteiger partial charge on any atom is -0.332 e. The molecule has 0 bridgehead atoms. The quantitative estimate of drug-likeness (QED) is 0.772. The number of aryl methyl sites for hydroxylation is 1. The monoisotopic (exact) mass is 181 g/mol. The van der Waals surface area contributed by atoms with Gasteiger partial charge in [-0.2, -0.15) is 0 Å². The third-order valence-corrected chi connectivity index (χ3v) is 2.47. The fraction of sp³-hybridized carbons (Fsp3) is 0.700. The standard InChI is InChI=1S/C10H19N3/c1-7(11)5-8(2)13-6-12-9(3)10(13)4/h6-8H,5,11H2,1-4H3. The molecule has 3 nitrogen and oxygen atoms in total. The molecule has 3 heteroatoms. The van der Waals surface area contributed by atoms with Crippen molar-refractivity contribution < 1.29 is 0 Å².